The number of H-pyrrole nitrogens is 1. The van der Waals surface area contributed by atoms with Gasteiger partial charge in [-0.2, -0.15) is 20.7 Å². The molecule has 0 unspecified atom stereocenters. The molecule has 2 aliphatic rings. The molecule has 3 N–H and O–H groups in total. The molecular weight excluding hydrogens is 404 g/mol. The Morgan fingerprint density at radius 3 is 2.88 bits per heavy atom. The zero-order chi connectivity index (χ0) is 22.1. The summed E-state index contributed by atoms with van der Waals surface area (Å²) in [5.74, 6) is 0.529. The number of nitriles is 2. The van der Waals surface area contributed by atoms with Gasteiger partial charge in [0.15, 0.2) is 6.21 Å². The third-order valence-corrected chi connectivity index (χ3v) is 6.13. The standard InChI is InChI=1S/C22H21N10/c23-7-6-22(4-1-15(10-24)2-5-22)14-31-12-16(11-27-31)21-19-3-8-26-32(19)13-18(28-21)17-9-20(25)30-29-17/h3,8-9,11-15H,1-2,4-6H2,(H3,25,29,30)/q+1/b31-14-/t15-,22+. The minimum absolute atomic E-state index is 0.0709. The van der Waals surface area contributed by atoms with E-state index < -0.39 is 0 Å². The summed E-state index contributed by atoms with van der Waals surface area (Å²) in [6.07, 6.45) is 12.8. The van der Waals surface area contributed by atoms with Gasteiger partial charge in [-0.3, -0.25) is 5.10 Å². The molecule has 10 nitrogen and oxygen atoms in total. The molecule has 4 heterocycles. The second-order valence-corrected chi connectivity index (χ2v) is 8.28. The average Bonchev–Trinajstić information content (AvgIpc) is 3.55. The first kappa shape index (κ1) is 19.6. The van der Waals surface area contributed by atoms with Crippen LogP contribution < -0.4 is 5.73 Å². The number of allylic oxidation sites excluding steroid dienone is 1. The van der Waals surface area contributed by atoms with Crippen molar-refractivity contribution < 1.29 is 4.68 Å². The van der Waals surface area contributed by atoms with Crippen LogP contribution in [0.4, 0.5) is 5.82 Å². The fourth-order valence-corrected chi connectivity index (χ4v) is 4.37. The van der Waals surface area contributed by atoms with Gasteiger partial charge < -0.3 is 5.73 Å². The highest BCUT2D eigenvalue weighted by Crippen LogP contribution is 2.40. The van der Waals surface area contributed by atoms with E-state index in [1.807, 2.05) is 18.5 Å². The van der Waals surface area contributed by atoms with Gasteiger partial charge in [0.05, 0.1) is 47.5 Å². The van der Waals surface area contributed by atoms with Crippen molar-refractivity contribution in [3.8, 4) is 23.5 Å². The topological polar surface area (TPSA) is 148 Å². The lowest BCUT2D eigenvalue weighted by Crippen LogP contribution is -2.30. The van der Waals surface area contributed by atoms with E-state index in [2.05, 4.69) is 32.5 Å². The van der Waals surface area contributed by atoms with Crippen molar-refractivity contribution in [3.63, 3.8) is 0 Å². The number of hydrogen-bond donors (Lipinski definition) is 2. The van der Waals surface area contributed by atoms with E-state index in [9.17, 15) is 10.5 Å². The van der Waals surface area contributed by atoms with Gasteiger partial charge in [-0.1, -0.05) is 4.68 Å². The fraction of sp³-hybridized carbons (Fsp3) is 0.318. The van der Waals surface area contributed by atoms with Gasteiger partial charge in [-0.05, 0) is 36.9 Å². The number of hydrazone groups is 1. The van der Waals surface area contributed by atoms with E-state index in [0.29, 0.717) is 23.6 Å². The van der Waals surface area contributed by atoms with E-state index in [0.717, 1.165) is 42.5 Å². The highest BCUT2D eigenvalue weighted by Gasteiger charge is 2.38. The summed E-state index contributed by atoms with van der Waals surface area (Å²) >= 11 is 0. The SMILES string of the molecule is N#CC[C@]1(/C=[N+]2/C=C(c3nc(-c4cc(N)[nH]n4)cn4nccc34)C=N2)CC[C@@H](C#N)CC1. The molecule has 0 radical (unpaired) electrons. The Bertz CT molecular complexity index is 1350. The molecule has 0 amide bonds. The molecule has 10 heteroatoms. The molecule has 158 valence electrons. The molecule has 1 aliphatic heterocycles. The lowest BCUT2D eigenvalue weighted by molar-refractivity contribution is -0.456. The van der Waals surface area contributed by atoms with Gasteiger partial charge >= 0.3 is 0 Å². The maximum atomic E-state index is 9.40. The molecule has 1 aliphatic carbocycles. The van der Waals surface area contributed by atoms with Gasteiger partial charge in [-0.25, -0.2) is 9.50 Å². The van der Waals surface area contributed by atoms with E-state index in [1.54, 1.807) is 33.9 Å². The quantitative estimate of drug-likeness (QED) is 0.614. The molecule has 5 rings (SSSR count). The number of nitrogens with zero attached hydrogens (tertiary/aromatic N) is 8. The Morgan fingerprint density at radius 2 is 2.16 bits per heavy atom. The van der Waals surface area contributed by atoms with Gasteiger partial charge in [-0.15, -0.1) is 0 Å². The Morgan fingerprint density at radius 1 is 1.31 bits per heavy atom. The third-order valence-electron chi connectivity index (χ3n) is 6.13. The summed E-state index contributed by atoms with van der Waals surface area (Å²) in [5.41, 5.74) is 9.16. The van der Waals surface area contributed by atoms with E-state index >= 15 is 0 Å². The molecule has 0 aromatic carbocycles. The van der Waals surface area contributed by atoms with Crippen LogP contribution in [0.25, 0.3) is 22.5 Å². The van der Waals surface area contributed by atoms with Gasteiger partial charge in [0.1, 0.15) is 29.1 Å². The number of nitrogens with one attached hydrogen (secondary N) is 1. The van der Waals surface area contributed by atoms with Crippen LogP contribution in [0.1, 0.15) is 37.8 Å². The summed E-state index contributed by atoms with van der Waals surface area (Å²) in [5, 5.41) is 34.4. The van der Waals surface area contributed by atoms with E-state index in [4.69, 9.17) is 10.7 Å². The monoisotopic (exact) mass is 425 g/mol. The van der Waals surface area contributed by atoms with Crippen molar-refractivity contribution in [2.45, 2.75) is 32.1 Å². The van der Waals surface area contributed by atoms with Crippen LogP contribution in [0.5, 0.6) is 0 Å². The number of nitrogen functional groups attached to an aromatic ring is 1. The van der Waals surface area contributed by atoms with Crippen LogP contribution in [0.2, 0.25) is 0 Å². The maximum absolute atomic E-state index is 9.40. The first-order valence-corrected chi connectivity index (χ1v) is 10.4. The smallest absolute Gasteiger partial charge is 0.213 e. The number of fused-ring (bicyclic) bond motifs is 1. The Balaban J connectivity index is 1.52. The van der Waals surface area contributed by atoms with E-state index in [-0.39, 0.29) is 11.3 Å². The van der Waals surface area contributed by atoms with Crippen molar-refractivity contribution in [3.05, 3.63) is 36.4 Å². The van der Waals surface area contributed by atoms with Crippen molar-refractivity contribution >= 4 is 29.3 Å². The molecule has 0 spiro atoms. The molecule has 1 saturated carbocycles. The minimum Gasteiger partial charge on any atom is -0.384 e. The number of aromatic amines is 1. The Hall–Kier alpha value is -4.31. The zero-order valence-corrected chi connectivity index (χ0v) is 17.3. The molecule has 1 fully saturated rings. The molecule has 3 aromatic rings. The van der Waals surface area contributed by atoms with Gasteiger partial charge in [0.2, 0.25) is 6.20 Å². The summed E-state index contributed by atoms with van der Waals surface area (Å²) < 4.78 is 3.52. The van der Waals surface area contributed by atoms with Crippen molar-refractivity contribution in [2.75, 3.05) is 5.73 Å². The number of anilines is 1. The van der Waals surface area contributed by atoms with Crippen LogP contribution in [-0.4, -0.2) is 41.9 Å². The van der Waals surface area contributed by atoms with Gasteiger partial charge in [0, 0.05) is 12.0 Å². The number of rotatable bonds is 4. The van der Waals surface area contributed by atoms with Crippen LogP contribution in [0, 0.1) is 34.0 Å². The highest BCUT2D eigenvalue weighted by molar-refractivity contribution is 6.12. The van der Waals surface area contributed by atoms with Gasteiger partial charge in [0.25, 0.3) is 0 Å². The van der Waals surface area contributed by atoms with Crippen LogP contribution in [-0.2, 0) is 0 Å². The number of aromatic nitrogens is 5. The van der Waals surface area contributed by atoms with Crippen molar-refractivity contribution in [1.82, 2.24) is 24.8 Å². The Kier molecular flexibility index (Phi) is 4.75. The van der Waals surface area contributed by atoms with Crippen LogP contribution in [0.15, 0.2) is 35.8 Å². The molecule has 3 aromatic heterocycles. The molecule has 0 bridgehead atoms. The maximum Gasteiger partial charge on any atom is 0.213 e. The molecule has 0 saturated heterocycles. The third kappa shape index (κ3) is 3.52. The molecule has 32 heavy (non-hydrogen) atoms. The summed E-state index contributed by atoms with van der Waals surface area (Å²) in [6.45, 7) is 0. The minimum atomic E-state index is -0.279. The average molecular weight is 425 g/mol. The zero-order valence-electron chi connectivity index (χ0n) is 17.3. The lowest BCUT2D eigenvalue weighted by atomic mass is 9.70. The fourth-order valence-electron chi connectivity index (χ4n) is 4.37. The lowest BCUT2D eigenvalue weighted by Gasteiger charge is -2.31. The first-order chi connectivity index (χ1) is 15.6. The van der Waals surface area contributed by atoms with Crippen molar-refractivity contribution in [1.29, 1.82) is 10.5 Å². The summed E-state index contributed by atoms with van der Waals surface area (Å²) in [6, 6.07) is 8.30. The molecular formula is C22H21N10+. The first-order valence-electron chi connectivity index (χ1n) is 10.4. The second-order valence-electron chi connectivity index (χ2n) is 8.28. The van der Waals surface area contributed by atoms with E-state index in [1.165, 1.54) is 0 Å². The predicted molar refractivity (Wildman–Crippen MR) is 118 cm³/mol. The molecule has 0 atom stereocenters. The summed E-state index contributed by atoms with van der Waals surface area (Å²) in [7, 11) is 0. The number of nitrogens with two attached hydrogens (primary N) is 1. The van der Waals surface area contributed by atoms with Crippen LogP contribution in [0.3, 0.4) is 0 Å². The Labute approximate surface area is 184 Å². The summed E-state index contributed by atoms with van der Waals surface area (Å²) in [4.78, 5) is 4.81. The largest absolute Gasteiger partial charge is 0.384 e. The predicted octanol–water partition coefficient (Wildman–Crippen LogP) is 2.74. The second kappa shape index (κ2) is 7.75. The van der Waals surface area contributed by atoms with Crippen LogP contribution >= 0.6 is 0 Å². The number of hydrogen-bond acceptors (Lipinski definition) is 7. The highest BCUT2D eigenvalue weighted by atomic mass is 15.4. The normalized spacial score (nSPS) is 23.9. The van der Waals surface area contributed by atoms with Crippen molar-refractivity contribution in [2.24, 2.45) is 16.4 Å².